The fraction of sp³-hybridized carbons (Fsp3) is 0.846. The van der Waals surface area contributed by atoms with Gasteiger partial charge in [0, 0.05) is 26.2 Å². The van der Waals surface area contributed by atoms with Crippen LogP contribution in [0.3, 0.4) is 0 Å². The van der Waals surface area contributed by atoms with Crippen molar-refractivity contribution in [1.82, 2.24) is 4.90 Å². The zero-order valence-corrected chi connectivity index (χ0v) is 11.9. The lowest BCUT2D eigenvalue weighted by molar-refractivity contribution is -0.143. The zero-order chi connectivity index (χ0) is 14.5. The van der Waals surface area contributed by atoms with Crippen LogP contribution in [0.5, 0.6) is 0 Å². The number of aliphatic hydroxyl groups is 1. The maximum Gasteiger partial charge on any atom is 0.307 e. The molecule has 0 aliphatic carbocycles. The lowest BCUT2D eigenvalue weighted by atomic mass is 10.3. The molecule has 0 heterocycles. The predicted molar refractivity (Wildman–Crippen MR) is 70.6 cm³/mol. The van der Waals surface area contributed by atoms with Gasteiger partial charge in [0.25, 0.3) is 0 Å². The number of hydrogen-bond donors (Lipinski definition) is 1. The molecule has 0 aromatic rings. The van der Waals surface area contributed by atoms with Crippen LogP contribution in [0.2, 0.25) is 0 Å². The van der Waals surface area contributed by atoms with Crippen molar-refractivity contribution in [2.75, 3.05) is 39.5 Å². The summed E-state index contributed by atoms with van der Waals surface area (Å²) >= 11 is 0. The number of ether oxygens (including phenoxy) is 2. The predicted octanol–water partition coefficient (Wildman–Crippen LogP) is 0.577. The quantitative estimate of drug-likeness (QED) is 0.556. The van der Waals surface area contributed by atoms with Gasteiger partial charge in [-0.15, -0.1) is 0 Å². The van der Waals surface area contributed by atoms with Crippen molar-refractivity contribution in [3.63, 3.8) is 0 Å². The second-order valence-corrected chi connectivity index (χ2v) is 4.03. The molecule has 0 aliphatic heterocycles. The summed E-state index contributed by atoms with van der Waals surface area (Å²) in [7, 11) is 0. The Morgan fingerprint density at radius 2 is 1.42 bits per heavy atom. The molecular weight excluding hydrogens is 250 g/mol. The Morgan fingerprint density at radius 1 is 0.947 bits per heavy atom. The van der Waals surface area contributed by atoms with Gasteiger partial charge in [-0.05, 0) is 20.3 Å². The molecule has 0 aromatic carbocycles. The van der Waals surface area contributed by atoms with E-state index in [1.165, 1.54) is 0 Å². The van der Waals surface area contributed by atoms with Gasteiger partial charge in [-0.1, -0.05) is 0 Å². The van der Waals surface area contributed by atoms with E-state index in [-0.39, 0.29) is 18.5 Å². The third kappa shape index (κ3) is 10.5. The molecule has 0 aromatic heterocycles. The average Bonchev–Trinajstić information content (AvgIpc) is 2.38. The SMILES string of the molecule is CCOC(=O)CCN(CCCO)CCC(=O)OCC. The van der Waals surface area contributed by atoms with E-state index in [1.54, 1.807) is 13.8 Å². The molecule has 112 valence electrons. The molecular formula is C13H25NO5. The van der Waals surface area contributed by atoms with E-state index >= 15 is 0 Å². The van der Waals surface area contributed by atoms with E-state index < -0.39 is 0 Å². The first-order valence-electron chi connectivity index (χ1n) is 6.78. The molecule has 0 atom stereocenters. The van der Waals surface area contributed by atoms with Crippen LogP contribution < -0.4 is 0 Å². The van der Waals surface area contributed by atoms with Gasteiger partial charge < -0.3 is 19.5 Å². The molecule has 0 spiro atoms. The van der Waals surface area contributed by atoms with Crippen molar-refractivity contribution in [2.45, 2.75) is 33.1 Å². The third-order valence-electron chi connectivity index (χ3n) is 2.51. The van der Waals surface area contributed by atoms with Crippen molar-refractivity contribution in [3.05, 3.63) is 0 Å². The molecule has 0 aliphatic rings. The Balaban J connectivity index is 4.00. The molecule has 0 unspecified atom stereocenters. The summed E-state index contributed by atoms with van der Waals surface area (Å²) < 4.78 is 9.71. The van der Waals surface area contributed by atoms with Gasteiger partial charge in [-0.3, -0.25) is 9.59 Å². The average molecular weight is 275 g/mol. The fourth-order valence-corrected chi connectivity index (χ4v) is 1.59. The van der Waals surface area contributed by atoms with E-state index in [1.807, 2.05) is 4.90 Å². The Labute approximate surface area is 114 Å². The van der Waals surface area contributed by atoms with Crippen LogP contribution in [0.4, 0.5) is 0 Å². The van der Waals surface area contributed by atoms with Gasteiger partial charge in [0.05, 0.1) is 26.1 Å². The zero-order valence-electron chi connectivity index (χ0n) is 11.9. The first kappa shape index (κ1) is 17.9. The van der Waals surface area contributed by atoms with Gasteiger partial charge in [0.2, 0.25) is 0 Å². The lowest BCUT2D eigenvalue weighted by Crippen LogP contribution is -2.31. The molecule has 1 N–H and O–H groups in total. The number of nitrogens with zero attached hydrogens (tertiary/aromatic N) is 1. The van der Waals surface area contributed by atoms with Crippen molar-refractivity contribution in [3.8, 4) is 0 Å². The molecule has 6 nitrogen and oxygen atoms in total. The molecule has 6 heteroatoms. The number of rotatable bonds is 11. The molecule has 0 amide bonds. The molecule has 0 saturated heterocycles. The lowest BCUT2D eigenvalue weighted by Gasteiger charge is -2.20. The fourth-order valence-electron chi connectivity index (χ4n) is 1.59. The van der Waals surface area contributed by atoms with E-state index in [0.29, 0.717) is 52.1 Å². The molecule has 19 heavy (non-hydrogen) atoms. The van der Waals surface area contributed by atoms with Crippen LogP contribution in [-0.2, 0) is 19.1 Å². The Morgan fingerprint density at radius 3 is 1.79 bits per heavy atom. The van der Waals surface area contributed by atoms with Gasteiger partial charge >= 0.3 is 11.9 Å². The normalized spacial score (nSPS) is 10.5. The second kappa shape index (κ2) is 11.9. The van der Waals surface area contributed by atoms with E-state index in [0.717, 1.165) is 0 Å². The molecule has 0 fully saturated rings. The Kier molecular flexibility index (Phi) is 11.2. The van der Waals surface area contributed by atoms with Gasteiger partial charge in [-0.25, -0.2) is 0 Å². The minimum Gasteiger partial charge on any atom is -0.466 e. The number of aliphatic hydroxyl groups excluding tert-OH is 1. The summed E-state index contributed by atoms with van der Waals surface area (Å²) in [5.41, 5.74) is 0. The minimum absolute atomic E-state index is 0.0926. The van der Waals surface area contributed by atoms with Gasteiger partial charge in [-0.2, -0.15) is 0 Å². The summed E-state index contributed by atoms with van der Waals surface area (Å²) in [6.45, 7) is 6.07. The number of carbonyl (C=O) groups excluding carboxylic acids is 2. The minimum atomic E-state index is -0.243. The van der Waals surface area contributed by atoms with Gasteiger partial charge in [0.1, 0.15) is 0 Å². The standard InChI is InChI=1S/C13H25NO5/c1-3-18-12(16)6-9-14(8-5-11-15)10-7-13(17)19-4-2/h15H,3-11H2,1-2H3. The number of esters is 2. The summed E-state index contributed by atoms with van der Waals surface area (Å²) in [5.74, 6) is -0.486. The summed E-state index contributed by atoms with van der Waals surface area (Å²) in [4.78, 5) is 24.5. The van der Waals surface area contributed by atoms with Crippen LogP contribution in [-0.4, -0.2) is 61.4 Å². The maximum atomic E-state index is 11.3. The first-order valence-corrected chi connectivity index (χ1v) is 6.78. The number of carbonyl (C=O) groups is 2. The highest BCUT2D eigenvalue weighted by Crippen LogP contribution is 1.99. The third-order valence-corrected chi connectivity index (χ3v) is 2.51. The highest BCUT2D eigenvalue weighted by Gasteiger charge is 2.11. The second-order valence-electron chi connectivity index (χ2n) is 4.03. The van der Waals surface area contributed by atoms with Crippen LogP contribution in [0.25, 0.3) is 0 Å². The summed E-state index contributed by atoms with van der Waals surface area (Å²) in [6.07, 6.45) is 1.20. The van der Waals surface area contributed by atoms with Crippen molar-refractivity contribution >= 4 is 11.9 Å². The van der Waals surface area contributed by atoms with E-state index in [2.05, 4.69) is 0 Å². The van der Waals surface area contributed by atoms with Crippen LogP contribution >= 0.6 is 0 Å². The molecule has 0 rings (SSSR count). The first-order chi connectivity index (χ1) is 9.13. The monoisotopic (exact) mass is 275 g/mol. The molecule has 0 radical (unpaired) electrons. The Hall–Kier alpha value is -1.14. The smallest absolute Gasteiger partial charge is 0.307 e. The maximum absolute atomic E-state index is 11.3. The molecule has 0 saturated carbocycles. The van der Waals surface area contributed by atoms with E-state index in [9.17, 15) is 9.59 Å². The largest absolute Gasteiger partial charge is 0.466 e. The van der Waals surface area contributed by atoms with Gasteiger partial charge in [0.15, 0.2) is 0 Å². The van der Waals surface area contributed by atoms with Crippen LogP contribution in [0, 0.1) is 0 Å². The Bertz CT molecular complexity index is 235. The summed E-state index contributed by atoms with van der Waals surface area (Å²) in [6, 6.07) is 0. The highest BCUT2D eigenvalue weighted by atomic mass is 16.5. The topological polar surface area (TPSA) is 76.1 Å². The van der Waals surface area contributed by atoms with Crippen molar-refractivity contribution < 1.29 is 24.2 Å². The van der Waals surface area contributed by atoms with Crippen LogP contribution in [0.1, 0.15) is 33.1 Å². The summed E-state index contributed by atoms with van der Waals surface area (Å²) in [5, 5.41) is 8.83. The van der Waals surface area contributed by atoms with E-state index in [4.69, 9.17) is 14.6 Å². The van der Waals surface area contributed by atoms with Crippen molar-refractivity contribution in [1.29, 1.82) is 0 Å². The van der Waals surface area contributed by atoms with Crippen molar-refractivity contribution in [2.24, 2.45) is 0 Å². The molecule has 0 bridgehead atoms. The highest BCUT2D eigenvalue weighted by molar-refractivity contribution is 5.70. The van der Waals surface area contributed by atoms with Crippen LogP contribution in [0.15, 0.2) is 0 Å². The number of hydrogen-bond acceptors (Lipinski definition) is 6.